The predicted octanol–water partition coefficient (Wildman–Crippen LogP) is 2.12. The number of nitrogens with one attached hydrogen (secondary N) is 1. The predicted molar refractivity (Wildman–Crippen MR) is 69.5 cm³/mol. The number of amides is 1. The zero-order valence-electron chi connectivity index (χ0n) is 10.7. The lowest BCUT2D eigenvalue weighted by Crippen LogP contribution is -2.31. The molecule has 17 heavy (non-hydrogen) atoms. The van der Waals surface area contributed by atoms with Crippen LogP contribution in [0.1, 0.15) is 42.9 Å². The van der Waals surface area contributed by atoms with Crippen molar-refractivity contribution in [3.05, 3.63) is 17.5 Å². The van der Waals surface area contributed by atoms with Crippen molar-refractivity contribution in [3.63, 3.8) is 0 Å². The van der Waals surface area contributed by atoms with Crippen molar-refractivity contribution >= 4 is 17.5 Å². The summed E-state index contributed by atoms with van der Waals surface area (Å²) in [7, 11) is 1.78. The third-order valence-electron chi connectivity index (χ3n) is 2.61. The van der Waals surface area contributed by atoms with Gasteiger partial charge in [0.1, 0.15) is 5.69 Å². The van der Waals surface area contributed by atoms with Crippen molar-refractivity contribution in [2.24, 2.45) is 7.05 Å². The number of nitrogens with zero attached hydrogens (tertiary/aromatic N) is 2. The highest BCUT2D eigenvalue weighted by Gasteiger charge is 2.13. The fourth-order valence-corrected chi connectivity index (χ4v) is 1.92. The summed E-state index contributed by atoms with van der Waals surface area (Å²) in [6.07, 6.45) is 2.76. The van der Waals surface area contributed by atoms with Gasteiger partial charge in [0.25, 0.3) is 5.91 Å². The van der Waals surface area contributed by atoms with Gasteiger partial charge >= 0.3 is 0 Å². The molecule has 1 aromatic rings. The van der Waals surface area contributed by atoms with E-state index in [1.807, 2.05) is 13.0 Å². The van der Waals surface area contributed by atoms with Crippen LogP contribution in [0.3, 0.4) is 0 Å². The van der Waals surface area contributed by atoms with Gasteiger partial charge in [-0.15, -0.1) is 11.6 Å². The molecule has 1 N–H and O–H groups in total. The Kier molecular flexibility index (Phi) is 5.48. The molecule has 0 saturated carbocycles. The number of carbonyl (C=O) groups is 1. The second-order valence-electron chi connectivity index (χ2n) is 4.09. The van der Waals surface area contributed by atoms with Gasteiger partial charge in [-0.2, -0.15) is 5.10 Å². The van der Waals surface area contributed by atoms with Gasteiger partial charge in [0.2, 0.25) is 0 Å². The van der Waals surface area contributed by atoms with Crippen molar-refractivity contribution in [1.29, 1.82) is 0 Å². The van der Waals surface area contributed by atoms with E-state index in [9.17, 15) is 4.79 Å². The van der Waals surface area contributed by atoms with Crippen LogP contribution >= 0.6 is 11.6 Å². The van der Waals surface area contributed by atoms with Gasteiger partial charge in [0.05, 0.1) is 11.1 Å². The van der Waals surface area contributed by atoms with E-state index in [1.54, 1.807) is 11.7 Å². The summed E-state index contributed by atoms with van der Waals surface area (Å²) >= 11 is 6.05. The van der Waals surface area contributed by atoms with Crippen LogP contribution in [0, 0.1) is 0 Å². The van der Waals surface area contributed by atoms with Gasteiger partial charge in [-0.1, -0.05) is 20.3 Å². The topological polar surface area (TPSA) is 46.9 Å². The van der Waals surface area contributed by atoms with Crippen molar-refractivity contribution in [1.82, 2.24) is 15.1 Å². The Balaban J connectivity index is 2.54. The summed E-state index contributed by atoms with van der Waals surface area (Å²) in [5, 5.41) is 7.07. The fourth-order valence-electron chi connectivity index (χ4n) is 1.62. The van der Waals surface area contributed by atoms with Crippen LogP contribution in [0.25, 0.3) is 0 Å². The maximum Gasteiger partial charge on any atom is 0.269 e. The van der Waals surface area contributed by atoms with Crippen LogP contribution in [-0.4, -0.2) is 27.6 Å². The highest BCUT2D eigenvalue weighted by atomic mass is 35.5. The van der Waals surface area contributed by atoms with Gasteiger partial charge in [-0.3, -0.25) is 9.48 Å². The molecule has 0 aromatic carbocycles. The highest BCUT2D eigenvalue weighted by Crippen LogP contribution is 2.06. The Morgan fingerprint density at radius 3 is 2.82 bits per heavy atom. The minimum atomic E-state index is -0.110. The molecule has 1 aromatic heterocycles. The summed E-state index contributed by atoms with van der Waals surface area (Å²) in [4.78, 5) is 11.9. The van der Waals surface area contributed by atoms with E-state index >= 15 is 0 Å². The lowest BCUT2D eigenvalue weighted by molar-refractivity contribution is 0.0944. The molecule has 0 saturated heterocycles. The third-order valence-corrected chi connectivity index (χ3v) is 2.98. The first-order valence-electron chi connectivity index (χ1n) is 6.03. The van der Waals surface area contributed by atoms with E-state index in [2.05, 4.69) is 17.3 Å². The number of hydrogen-bond acceptors (Lipinski definition) is 2. The summed E-state index contributed by atoms with van der Waals surface area (Å²) in [5.74, 6) is -0.110. The number of aryl methyl sites for hydroxylation is 2. The van der Waals surface area contributed by atoms with E-state index in [0.717, 1.165) is 25.0 Å². The summed E-state index contributed by atoms with van der Waals surface area (Å²) in [5.41, 5.74) is 1.51. The molecule has 0 aliphatic carbocycles. The monoisotopic (exact) mass is 257 g/mol. The molecule has 1 heterocycles. The smallest absolute Gasteiger partial charge is 0.269 e. The zero-order valence-corrected chi connectivity index (χ0v) is 11.4. The molecule has 0 radical (unpaired) electrons. The molecule has 0 aliphatic heterocycles. The summed E-state index contributed by atoms with van der Waals surface area (Å²) in [6, 6.07) is 1.82. The van der Waals surface area contributed by atoms with Crippen molar-refractivity contribution in [2.75, 3.05) is 6.54 Å². The first-order valence-corrected chi connectivity index (χ1v) is 6.47. The molecule has 0 aliphatic rings. The zero-order chi connectivity index (χ0) is 12.8. The van der Waals surface area contributed by atoms with Crippen LogP contribution in [0.15, 0.2) is 6.07 Å². The number of rotatable bonds is 6. The Morgan fingerprint density at radius 1 is 1.59 bits per heavy atom. The maximum atomic E-state index is 11.9. The number of carbonyl (C=O) groups excluding carboxylic acids is 1. The largest absolute Gasteiger partial charge is 0.349 e. The van der Waals surface area contributed by atoms with Crippen LogP contribution in [-0.2, 0) is 13.5 Å². The van der Waals surface area contributed by atoms with Gasteiger partial charge in [0.15, 0.2) is 0 Å². The molecular weight excluding hydrogens is 238 g/mol. The first-order chi connectivity index (χ1) is 8.08. The third kappa shape index (κ3) is 4.04. The molecule has 1 amide bonds. The normalized spacial score (nSPS) is 12.5. The molecule has 1 unspecified atom stereocenters. The minimum absolute atomic E-state index is 0.00261. The van der Waals surface area contributed by atoms with E-state index < -0.39 is 0 Å². The average Bonchev–Trinajstić information content (AvgIpc) is 2.68. The Morgan fingerprint density at radius 2 is 2.29 bits per heavy atom. The number of hydrogen-bond donors (Lipinski definition) is 1. The number of aromatic nitrogens is 2. The SMILES string of the molecule is CCCC(Cl)CNC(=O)c1cc(CC)nn1C. The lowest BCUT2D eigenvalue weighted by Gasteiger charge is -2.09. The number of alkyl halides is 1. The molecule has 96 valence electrons. The lowest BCUT2D eigenvalue weighted by atomic mass is 10.2. The van der Waals surface area contributed by atoms with Gasteiger partial charge in [0, 0.05) is 13.6 Å². The van der Waals surface area contributed by atoms with Crippen LogP contribution in [0.2, 0.25) is 0 Å². The number of halogens is 1. The molecule has 1 rings (SSSR count). The highest BCUT2D eigenvalue weighted by molar-refractivity contribution is 6.20. The van der Waals surface area contributed by atoms with Crippen molar-refractivity contribution in [2.45, 2.75) is 38.5 Å². The molecular formula is C12H20ClN3O. The second kappa shape index (κ2) is 6.64. The standard InChI is InChI=1S/C12H20ClN3O/c1-4-6-9(13)8-14-12(17)11-7-10(5-2)15-16(11)3/h7,9H,4-6,8H2,1-3H3,(H,14,17). The Labute approximate surface area is 107 Å². The molecule has 1 atom stereocenters. The van der Waals surface area contributed by atoms with E-state index in [0.29, 0.717) is 12.2 Å². The molecule has 0 fully saturated rings. The summed E-state index contributed by atoms with van der Waals surface area (Å²) in [6.45, 7) is 4.59. The Hall–Kier alpha value is -1.03. The van der Waals surface area contributed by atoms with E-state index in [-0.39, 0.29) is 11.3 Å². The van der Waals surface area contributed by atoms with E-state index in [1.165, 1.54) is 0 Å². The van der Waals surface area contributed by atoms with Crippen LogP contribution in [0.5, 0.6) is 0 Å². The molecule has 0 spiro atoms. The quantitative estimate of drug-likeness (QED) is 0.794. The fraction of sp³-hybridized carbons (Fsp3) is 0.667. The van der Waals surface area contributed by atoms with Gasteiger partial charge in [-0.05, 0) is 18.9 Å². The summed E-state index contributed by atoms with van der Waals surface area (Å²) < 4.78 is 1.61. The second-order valence-corrected chi connectivity index (χ2v) is 4.71. The Bertz CT molecular complexity index is 376. The minimum Gasteiger partial charge on any atom is -0.349 e. The van der Waals surface area contributed by atoms with Crippen molar-refractivity contribution in [3.8, 4) is 0 Å². The maximum absolute atomic E-state index is 11.9. The molecule has 5 heteroatoms. The van der Waals surface area contributed by atoms with Crippen molar-refractivity contribution < 1.29 is 4.79 Å². The first kappa shape index (κ1) is 14.0. The molecule has 4 nitrogen and oxygen atoms in total. The average molecular weight is 258 g/mol. The van der Waals surface area contributed by atoms with E-state index in [4.69, 9.17) is 11.6 Å². The van der Waals surface area contributed by atoms with Gasteiger partial charge < -0.3 is 5.32 Å². The van der Waals surface area contributed by atoms with Crippen LogP contribution in [0.4, 0.5) is 0 Å². The molecule has 0 bridgehead atoms. The van der Waals surface area contributed by atoms with Crippen LogP contribution < -0.4 is 5.32 Å². The van der Waals surface area contributed by atoms with Gasteiger partial charge in [-0.25, -0.2) is 0 Å².